The molecule has 1 heterocycles. The van der Waals surface area contributed by atoms with Gasteiger partial charge in [0.1, 0.15) is 5.82 Å². The van der Waals surface area contributed by atoms with Crippen molar-refractivity contribution in [3.05, 3.63) is 46.6 Å². The van der Waals surface area contributed by atoms with Gasteiger partial charge in [-0.25, -0.2) is 4.68 Å². The second kappa shape index (κ2) is 5.99. The Kier molecular flexibility index (Phi) is 4.12. The molecule has 6 nitrogen and oxygen atoms in total. The van der Waals surface area contributed by atoms with Gasteiger partial charge in [0.2, 0.25) is 0 Å². The van der Waals surface area contributed by atoms with Crippen LogP contribution in [0.4, 0.5) is 11.5 Å². The smallest absolute Gasteiger partial charge is 0.271 e. The summed E-state index contributed by atoms with van der Waals surface area (Å²) in [4.78, 5) is 10.4. The second-order valence-electron chi connectivity index (χ2n) is 4.19. The number of benzene rings is 1. The first-order valence-corrected chi connectivity index (χ1v) is 6.25. The molecule has 1 aromatic heterocycles. The molecular formula is C13H16N4O2. The molecule has 0 fully saturated rings. The molecule has 0 unspecified atom stereocenters. The zero-order chi connectivity index (χ0) is 13.7. The third kappa shape index (κ3) is 3.09. The van der Waals surface area contributed by atoms with Gasteiger partial charge in [0.25, 0.3) is 5.69 Å². The Hall–Kier alpha value is -2.37. The highest BCUT2D eigenvalue weighted by molar-refractivity contribution is 5.48. The topological polar surface area (TPSA) is 73.0 Å². The van der Waals surface area contributed by atoms with E-state index >= 15 is 0 Å². The zero-order valence-electron chi connectivity index (χ0n) is 10.7. The quantitative estimate of drug-likeness (QED) is 0.492. The SMILES string of the molecule is CCCCNc1ccnn1-c1cccc([N+](=O)[O-])c1. The lowest BCUT2D eigenvalue weighted by atomic mass is 10.3. The van der Waals surface area contributed by atoms with Gasteiger partial charge in [-0.3, -0.25) is 10.1 Å². The molecular weight excluding hydrogens is 244 g/mol. The van der Waals surface area contributed by atoms with Gasteiger partial charge < -0.3 is 5.32 Å². The van der Waals surface area contributed by atoms with E-state index < -0.39 is 4.92 Å². The normalized spacial score (nSPS) is 10.4. The maximum Gasteiger partial charge on any atom is 0.271 e. The maximum atomic E-state index is 10.8. The molecule has 0 aliphatic heterocycles. The summed E-state index contributed by atoms with van der Waals surface area (Å²) in [6, 6.07) is 8.29. The molecule has 0 bridgehead atoms. The van der Waals surface area contributed by atoms with Crippen LogP contribution in [0.15, 0.2) is 36.5 Å². The monoisotopic (exact) mass is 260 g/mol. The van der Waals surface area contributed by atoms with E-state index in [0.717, 1.165) is 25.2 Å². The summed E-state index contributed by atoms with van der Waals surface area (Å²) in [6.45, 7) is 2.98. The van der Waals surface area contributed by atoms with Crippen LogP contribution in [-0.2, 0) is 0 Å². The van der Waals surface area contributed by atoms with Gasteiger partial charge >= 0.3 is 0 Å². The third-order valence-corrected chi connectivity index (χ3v) is 2.76. The number of anilines is 1. The van der Waals surface area contributed by atoms with Gasteiger partial charge in [-0.2, -0.15) is 5.10 Å². The number of non-ortho nitro benzene ring substituents is 1. The van der Waals surface area contributed by atoms with Crippen LogP contribution in [-0.4, -0.2) is 21.2 Å². The van der Waals surface area contributed by atoms with E-state index in [0.29, 0.717) is 5.69 Å². The molecule has 0 spiro atoms. The lowest BCUT2D eigenvalue weighted by molar-refractivity contribution is -0.384. The van der Waals surface area contributed by atoms with Crippen LogP contribution < -0.4 is 5.32 Å². The van der Waals surface area contributed by atoms with Crippen LogP contribution in [0.5, 0.6) is 0 Å². The number of hydrogen-bond acceptors (Lipinski definition) is 4. The summed E-state index contributed by atoms with van der Waals surface area (Å²) in [5.74, 6) is 0.842. The Morgan fingerprint density at radius 2 is 2.26 bits per heavy atom. The number of nitro benzene ring substituents is 1. The Morgan fingerprint density at radius 1 is 1.42 bits per heavy atom. The lowest BCUT2D eigenvalue weighted by Crippen LogP contribution is -2.07. The molecule has 100 valence electrons. The minimum atomic E-state index is -0.406. The number of rotatable bonds is 6. The van der Waals surface area contributed by atoms with Crippen molar-refractivity contribution in [1.82, 2.24) is 9.78 Å². The van der Waals surface area contributed by atoms with Gasteiger partial charge in [0.05, 0.1) is 16.8 Å². The van der Waals surface area contributed by atoms with Gasteiger partial charge in [-0.1, -0.05) is 19.4 Å². The van der Waals surface area contributed by atoms with Crippen molar-refractivity contribution in [3.63, 3.8) is 0 Å². The van der Waals surface area contributed by atoms with Crippen LogP contribution >= 0.6 is 0 Å². The van der Waals surface area contributed by atoms with Crippen LogP contribution in [0.3, 0.4) is 0 Å². The Morgan fingerprint density at radius 3 is 3.00 bits per heavy atom. The van der Waals surface area contributed by atoms with Crippen LogP contribution in [0.1, 0.15) is 19.8 Å². The molecule has 0 saturated carbocycles. The highest BCUT2D eigenvalue weighted by Crippen LogP contribution is 2.19. The van der Waals surface area contributed by atoms with Crippen molar-refractivity contribution in [2.75, 3.05) is 11.9 Å². The molecule has 2 aromatic rings. The maximum absolute atomic E-state index is 10.8. The molecule has 0 amide bonds. The van der Waals surface area contributed by atoms with Crippen molar-refractivity contribution in [3.8, 4) is 5.69 Å². The van der Waals surface area contributed by atoms with E-state index in [1.54, 1.807) is 23.0 Å². The number of unbranched alkanes of at least 4 members (excludes halogenated alkanes) is 1. The predicted molar refractivity (Wildman–Crippen MR) is 73.6 cm³/mol. The Bertz CT molecular complexity index is 565. The fourth-order valence-corrected chi connectivity index (χ4v) is 1.77. The fourth-order valence-electron chi connectivity index (χ4n) is 1.77. The molecule has 0 saturated heterocycles. The lowest BCUT2D eigenvalue weighted by Gasteiger charge is -2.09. The average molecular weight is 260 g/mol. The number of hydrogen-bond donors (Lipinski definition) is 1. The largest absolute Gasteiger partial charge is 0.370 e. The van der Waals surface area contributed by atoms with Gasteiger partial charge in [0, 0.05) is 24.7 Å². The van der Waals surface area contributed by atoms with E-state index in [4.69, 9.17) is 0 Å². The highest BCUT2D eigenvalue weighted by Gasteiger charge is 2.09. The molecule has 1 N–H and O–H groups in total. The van der Waals surface area contributed by atoms with Crippen molar-refractivity contribution < 1.29 is 4.92 Å². The summed E-state index contributed by atoms with van der Waals surface area (Å²) in [5, 5.41) is 18.2. The van der Waals surface area contributed by atoms with E-state index in [1.807, 2.05) is 6.07 Å². The first-order chi connectivity index (χ1) is 9.22. The molecule has 0 aliphatic rings. The summed E-state index contributed by atoms with van der Waals surface area (Å²) in [6.07, 6.45) is 3.85. The van der Waals surface area contributed by atoms with E-state index in [-0.39, 0.29) is 5.69 Å². The van der Waals surface area contributed by atoms with Crippen LogP contribution in [0.25, 0.3) is 5.69 Å². The first kappa shape index (κ1) is 13.1. The molecule has 0 radical (unpaired) electrons. The number of nitrogens with one attached hydrogen (secondary N) is 1. The van der Waals surface area contributed by atoms with Gasteiger partial charge in [-0.15, -0.1) is 0 Å². The van der Waals surface area contributed by atoms with Crippen molar-refractivity contribution >= 4 is 11.5 Å². The molecule has 6 heteroatoms. The van der Waals surface area contributed by atoms with E-state index in [1.165, 1.54) is 12.1 Å². The summed E-state index contributed by atoms with van der Waals surface area (Å²) in [7, 11) is 0. The van der Waals surface area contributed by atoms with Gasteiger partial charge in [-0.05, 0) is 12.5 Å². The first-order valence-electron chi connectivity index (χ1n) is 6.25. The van der Waals surface area contributed by atoms with Gasteiger partial charge in [0.15, 0.2) is 0 Å². The number of nitrogens with zero attached hydrogens (tertiary/aromatic N) is 3. The third-order valence-electron chi connectivity index (χ3n) is 2.76. The summed E-state index contributed by atoms with van der Waals surface area (Å²) >= 11 is 0. The Balaban J connectivity index is 2.24. The minimum absolute atomic E-state index is 0.0625. The summed E-state index contributed by atoms with van der Waals surface area (Å²) in [5.41, 5.74) is 0.741. The molecule has 2 rings (SSSR count). The molecule has 19 heavy (non-hydrogen) atoms. The van der Waals surface area contributed by atoms with E-state index in [2.05, 4.69) is 17.3 Å². The molecule has 1 aromatic carbocycles. The van der Waals surface area contributed by atoms with Crippen LogP contribution in [0.2, 0.25) is 0 Å². The number of aromatic nitrogens is 2. The van der Waals surface area contributed by atoms with Crippen molar-refractivity contribution in [2.24, 2.45) is 0 Å². The fraction of sp³-hybridized carbons (Fsp3) is 0.308. The van der Waals surface area contributed by atoms with Crippen molar-refractivity contribution in [2.45, 2.75) is 19.8 Å². The number of nitro groups is 1. The molecule has 0 aliphatic carbocycles. The highest BCUT2D eigenvalue weighted by atomic mass is 16.6. The predicted octanol–water partition coefficient (Wildman–Crippen LogP) is 2.99. The van der Waals surface area contributed by atoms with E-state index in [9.17, 15) is 10.1 Å². The van der Waals surface area contributed by atoms with Crippen molar-refractivity contribution in [1.29, 1.82) is 0 Å². The second-order valence-corrected chi connectivity index (χ2v) is 4.19. The average Bonchev–Trinajstić information content (AvgIpc) is 2.87. The summed E-state index contributed by atoms with van der Waals surface area (Å²) < 4.78 is 1.67. The molecule has 0 atom stereocenters. The zero-order valence-corrected chi connectivity index (χ0v) is 10.7. The standard InChI is InChI=1S/C13H16N4O2/c1-2-3-8-14-13-7-9-15-16(13)11-5-4-6-12(10-11)17(18)19/h4-7,9-10,14H,2-3,8H2,1H3. The Labute approximate surface area is 111 Å². The minimum Gasteiger partial charge on any atom is -0.370 e. The van der Waals surface area contributed by atoms with Crippen LogP contribution in [0, 0.1) is 10.1 Å².